The molecule has 0 aliphatic carbocycles. The number of esters is 2. The number of phosphoric ester groups is 1. The van der Waals surface area contributed by atoms with Gasteiger partial charge in [-0.2, -0.15) is 0 Å². The van der Waals surface area contributed by atoms with Crippen LogP contribution in [0.5, 0.6) is 0 Å². The van der Waals surface area contributed by atoms with Crippen molar-refractivity contribution in [1.29, 1.82) is 0 Å². The molecule has 0 aromatic rings. The maximum absolute atomic E-state index is 12.2. The molecule has 2 unspecified atom stereocenters. The van der Waals surface area contributed by atoms with Crippen LogP contribution in [0.15, 0.2) is 25.3 Å². The Bertz CT molecular complexity index is 475. The van der Waals surface area contributed by atoms with Crippen molar-refractivity contribution >= 4 is 19.8 Å². The molecular formula is C14H23O8P. The molecule has 0 saturated carbocycles. The minimum absolute atomic E-state index is 0.0653. The summed E-state index contributed by atoms with van der Waals surface area (Å²) in [4.78, 5) is 32.5. The Balaban J connectivity index is 5.18. The van der Waals surface area contributed by atoms with Gasteiger partial charge in [-0.05, 0) is 0 Å². The molecule has 23 heavy (non-hydrogen) atoms. The molecule has 0 amide bonds. The minimum atomic E-state index is -4.73. The van der Waals surface area contributed by atoms with E-state index in [2.05, 4.69) is 13.2 Å². The summed E-state index contributed by atoms with van der Waals surface area (Å²) >= 11 is 0. The van der Waals surface area contributed by atoms with Crippen LogP contribution >= 0.6 is 7.82 Å². The summed E-state index contributed by atoms with van der Waals surface area (Å²) in [6.07, 6.45) is 1.91. The molecule has 2 atom stereocenters. The lowest BCUT2D eigenvalue weighted by Gasteiger charge is -2.33. The van der Waals surface area contributed by atoms with E-state index in [4.69, 9.17) is 18.5 Å². The Hall–Kier alpha value is -1.47. The SMILES string of the molecule is C=CC(=O)OC(C)(CC)OP(=O)(O)OC(C)(CC)OC(=O)C=C. The van der Waals surface area contributed by atoms with Crippen LogP contribution in [0.25, 0.3) is 0 Å². The van der Waals surface area contributed by atoms with E-state index in [-0.39, 0.29) is 12.8 Å². The molecule has 0 aromatic carbocycles. The molecular weight excluding hydrogens is 327 g/mol. The lowest BCUT2D eigenvalue weighted by Crippen LogP contribution is -2.36. The van der Waals surface area contributed by atoms with Crippen LogP contribution in [0, 0.1) is 0 Å². The Morgan fingerprint density at radius 1 is 1.00 bits per heavy atom. The third kappa shape index (κ3) is 7.56. The highest BCUT2D eigenvalue weighted by molar-refractivity contribution is 7.47. The van der Waals surface area contributed by atoms with E-state index in [1.807, 2.05) is 0 Å². The second kappa shape index (κ2) is 8.40. The Morgan fingerprint density at radius 2 is 1.30 bits per heavy atom. The number of phosphoric acid groups is 1. The molecule has 0 radical (unpaired) electrons. The molecule has 0 bridgehead atoms. The number of hydrogen-bond donors (Lipinski definition) is 1. The zero-order valence-corrected chi connectivity index (χ0v) is 14.6. The average Bonchev–Trinajstić information content (AvgIpc) is 2.45. The molecule has 0 rings (SSSR count). The summed E-state index contributed by atoms with van der Waals surface area (Å²) in [7, 11) is -4.73. The number of ether oxygens (including phenoxy) is 2. The van der Waals surface area contributed by atoms with Crippen molar-refractivity contribution < 1.29 is 37.6 Å². The van der Waals surface area contributed by atoms with Crippen LogP contribution in [-0.4, -0.2) is 28.4 Å². The van der Waals surface area contributed by atoms with Gasteiger partial charge < -0.3 is 14.4 Å². The monoisotopic (exact) mass is 350 g/mol. The Kier molecular flexibility index (Phi) is 7.86. The van der Waals surface area contributed by atoms with Crippen molar-refractivity contribution in [1.82, 2.24) is 0 Å². The van der Waals surface area contributed by atoms with Crippen molar-refractivity contribution in [2.24, 2.45) is 0 Å². The van der Waals surface area contributed by atoms with E-state index < -0.39 is 31.3 Å². The highest BCUT2D eigenvalue weighted by atomic mass is 31.2. The first-order chi connectivity index (χ1) is 10.4. The van der Waals surface area contributed by atoms with Gasteiger partial charge in [-0.15, -0.1) is 0 Å². The fourth-order valence-electron chi connectivity index (χ4n) is 1.33. The van der Waals surface area contributed by atoms with Gasteiger partial charge in [0.2, 0.25) is 11.6 Å². The first-order valence-electron chi connectivity index (χ1n) is 6.90. The van der Waals surface area contributed by atoms with Crippen molar-refractivity contribution in [3.63, 3.8) is 0 Å². The van der Waals surface area contributed by atoms with Gasteiger partial charge in [-0.1, -0.05) is 27.0 Å². The van der Waals surface area contributed by atoms with Crippen molar-refractivity contribution in [3.8, 4) is 0 Å². The van der Waals surface area contributed by atoms with Gasteiger partial charge in [0.25, 0.3) is 0 Å². The zero-order chi connectivity index (χ0) is 18.3. The fraction of sp³-hybridized carbons (Fsp3) is 0.571. The minimum Gasteiger partial charge on any atom is -0.430 e. The van der Waals surface area contributed by atoms with Gasteiger partial charge in [-0.3, -0.25) is 0 Å². The third-order valence-electron chi connectivity index (χ3n) is 2.87. The molecule has 0 fully saturated rings. The van der Waals surface area contributed by atoms with Crippen molar-refractivity contribution in [2.75, 3.05) is 0 Å². The Labute approximate surface area is 135 Å². The van der Waals surface area contributed by atoms with E-state index in [9.17, 15) is 19.0 Å². The summed E-state index contributed by atoms with van der Waals surface area (Å²) in [6.45, 7) is 12.2. The van der Waals surface area contributed by atoms with Crippen molar-refractivity contribution in [3.05, 3.63) is 25.3 Å². The van der Waals surface area contributed by atoms with Gasteiger partial charge in [-0.25, -0.2) is 23.2 Å². The lowest BCUT2D eigenvalue weighted by atomic mass is 10.2. The predicted octanol–water partition coefficient (Wildman–Crippen LogP) is 2.83. The highest BCUT2D eigenvalue weighted by Gasteiger charge is 2.43. The summed E-state index contributed by atoms with van der Waals surface area (Å²) in [6, 6.07) is 0. The lowest BCUT2D eigenvalue weighted by molar-refractivity contribution is -0.211. The topological polar surface area (TPSA) is 108 Å². The third-order valence-corrected chi connectivity index (χ3v) is 4.10. The van der Waals surface area contributed by atoms with Gasteiger partial charge in [0, 0.05) is 38.8 Å². The molecule has 8 nitrogen and oxygen atoms in total. The number of carbonyl (C=O) groups is 2. The van der Waals surface area contributed by atoms with E-state index >= 15 is 0 Å². The second-order valence-electron chi connectivity index (χ2n) is 4.88. The maximum Gasteiger partial charge on any atom is 0.478 e. The zero-order valence-electron chi connectivity index (χ0n) is 13.7. The van der Waals surface area contributed by atoms with Crippen molar-refractivity contribution in [2.45, 2.75) is 52.1 Å². The predicted molar refractivity (Wildman–Crippen MR) is 82.0 cm³/mol. The second-order valence-corrected chi connectivity index (χ2v) is 6.18. The van der Waals surface area contributed by atoms with E-state index in [0.717, 1.165) is 12.2 Å². The van der Waals surface area contributed by atoms with E-state index in [0.29, 0.717) is 0 Å². The van der Waals surface area contributed by atoms with Gasteiger partial charge in [0.05, 0.1) is 0 Å². The van der Waals surface area contributed by atoms with Gasteiger partial charge in [0.15, 0.2) is 0 Å². The number of carbonyl (C=O) groups excluding carboxylic acids is 2. The normalized spacial score (nSPS) is 18.7. The molecule has 0 aliphatic heterocycles. The van der Waals surface area contributed by atoms with Crippen LogP contribution in [0.1, 0.15) is 40.5 Å². The van der Waals surface area contributed by atoms with Crippen LogP contribution in [-0.2, 0) is 32.7 Å². The molecule has 0 spiro atoms. The first-order valence-corrected chi connectivity index (χ1v) is 8.39. The van der Waals surface area contributed by atoms with Gasteiger partial charge >= 0.3 is 19.8 Å². The van der Waals surface area contributed by atoms with Crippen LogP contribution in [0.2, 0.25) is 0 Å². The average molecular weight is 350 g/mol. The molecule has 0 heterocycles. The fourth-order valence-corrected chi connectivity index (χ4v) is 2.67. The standard InChI is InChI=1S/C14H23O8P/c1-7-11(15)19-13(5,9-3)21-23(17,18)22-14(6,10-4)20-12(16)8-2/h7-8H,1-2,9-10H2,3-6H3,(H,17,18). The summed E-state index contributed by atoms with van der Waals surface area (Å²) < 4.78 is 31.9. The summed E-state index contributed by atoms with van der Waals surface area (Å²) in [5.41, 5.74) is 0. The van der Waals surface area contributed by atoms with Crippen LogP contribution in [0.4, 0.5) is 0 Å². The molecule has 1 N–H and O–H groups in total. The largest absolute Gasteiger partial charge is 0.478 e. The summed E-state index contributed by atoms with van der Waals surface area (Å²) in [5.74, 6) is -5.09. The molecule has 0 saturated heterocycles. The highest BCUT2D eigenvalue weighted by Crippen LogP contribution is 2.52. The summed E-state index contributed by atoms with van der Waals surface area (Å²) in [5, 5.41) is 0. The molecule has 9 heteroatoms. The number of hydrogen-bond acceptors (Lipinski definition) is 7. The van der Waals surface area contributed by atoms with Crippen LogP contribution in [0.3, 0.4) is 0 Å². The molecule has 0 aromatic heterocycles. The van der Waals surface area contributed by atoms with Gasteiger partial charge in [0.1, 0.15) is 0 Å². The molecule has 0 aliphatic rings. The first kappa shape index (κ1) is 21.5. The van der Waals surface area contributed by atoms with Crippen LogP contribution < -0.4 is 0 Å². The molecule has 132 valence electrons. The smallest absolute Gasteiger partial charge is 0.430 e. The number of rotatable bonds is 10. The van der Waals surface area contributed by atoms with E-state index in [1.54, 1.807) is 13.8 Å². The quantitative estimate of drug-likeness (QED) is 0.277. The van der Waals surface area contributed by atoms with E-state index in [1.165, 1.54) is 13.8 Å². The maximum atomic E-state index is 12.2. The Morgan fingerprint density at radius 3 is 1.52 bits per heavy atom.